The van der Waals surface area contributed by atoms with Crippen molar-refractivity contribution in [2.75, 3.05) is 13.7 Å². The van der Waals surface area contributed by atoms with Crippen LogP contribution in [0.4, 0.5) is 0 Å². The molecule has 0 amide bonds. The third-order valence-electron chi connectivity index (χ3n) is 1.06. The summed E-state index contributed by atoms with van der Waals surface area (Å²) in [6.07, 6.45) is 0. The summed E-state index contributed by atoms with van der Waals surface area (Å²) in [7, 11) is 0.961. The maximum Gasteiger partial charge on any atom is 0.0466 e. The minimum absolute atomic E-state index is 0.803. The van der Waals surface area contributed by atoms with Crippen LogP contribution in [0.5, 0.6) is 0 Å². The van der Waals surface area contributed by atoms with Crippen LogP contribution in [0.1, 0.15) is 0 Å². The molecule has 0 aliphatic carbocycles. The molecule has 0 spiro atoms. The summed E-state index contributed by atoms with van der Waals surface area (Å²) < 4.78 is 4.95. The van der Waals surface area contributed by atoms with Gasteiger partial charge in [0.1, 0.15) is 0 Å². The Hall–Kier alpha value is 0.177. The first-order valence-corrected chi connectivity index (χ1v) is 6.76. The van der Waals surface area contributed by atoms with Crippen LogP contribution >= 0.6 is 0 Å². The lowest BCUT2D eigenvalue weighted by Gasteiger charge is -2.13. The van der Waals surface area contributed by atoms with Crippen molar-refractivity contribution >= 4 is 8.07 Å². The average molecular weight is 132 g/mol. The molecule has 0 aliphatic heterocycles. The first-order valence-electron chi connectivity index (χ1n) is 3.05. The monoisotopic (exact) mass is 132 g/mol. The van der Waals surface area contributed by atoms with Crippen molar-refractivity contribution in [3.63, 3.8) is 0 Å². The van der Waals surface area contributed by atoms with Gasteiger partial charge in [0.15, 0.2) is 0 Å². The number of hydrogen-bond donors (Lipinski definition) is 0. The molecule has 0 heterocycles. The van der Waals surface area contributed by atoms with Gasteiger partial charge in [0.05, 0.1) is 0 Å². The molecule has 0 radical (unpaired) electrons. The number of ether oxygens (including phenoxy) is 1. The lowest BCUT2D eigenvalue weighted by atomic mass is 10.9. The van der Waals surface area contributed by atoms with Crippen molar-refractivity contribution in [2.45, 2.75) is 25.7 Å². The highest BCUT2D eigenvalue weighted by atomic mass is 28.3. The molecular formula is C6H16OSi. The van der Waals surface area contributed by atoms with Gasteiger partial charge in [-0.25, -0.2) is 0 Å². The highest BCUT2D eigenvalue weighted by Crippen LogP contribution is 2.06. The highest BCUT2D eigenvalue weighted by Gasteiger charge is 2.10. The van der Waals surface area contributed by atoms with E-state index < -0.39 is 8.07 Å². The number of rotatable bonds is 3. The van der Waals surface area contributed by atoms with Crippen molar-refractivity contribution in [3.05, 3.63) is 0 Å². The molecule has 1 nitrogen and oxygen atoms in total. The Balaban J connectivity index is 3.11. The van der Waals surface area contributed by atoms with Crippen molar-refractivity contribution < 1.29 is 4.74 Å². The van der Waals surface area contributed by atoms with E-state index in [1.54, 1.807) is 7.11 Å². The zero-order valence-corrected chi connectivity index (χ0v) is 7.32. The molecule has 50 valence electrons. The molecule has 2 heteroatoms. The molecule has 8 heavy (non-hydrogen) atoms. The quantitative estimate of drug-likeness (QED) is 0.533. The minimum atomic E-state index is -0.803. The first kappa shape index (κ1) is 8.18. The molecule has 0 aliphatic rings. The molecule has 0 saturated heterocycles. The van der Waals surface area contributed by atoms with Crippen LogP contribution in [0.3, 0.4) is 0 Å². The standard InChI is InChI=1S/C6H16OSi/c1-7-5-6-8(2,3)4/h5-6H2,1-4H3. The first-order chi connectivity index (χ1) is 3.56. The molecule has 0 fully saturated rings. The fourth-order valence-corrected chi connectivity index (χ4v) is 1.22. The third kappa shape index (κ3) is 6.18. The van der Waals surface area contributed by atoms with Crippen LogP contribution in [0.2, 0.25) is 25.7 Å². The van der Waals surface area contributed by atoms with E-state index in [0.29, 0.717) is 0 Å². The highest BCUT2D eigenvalue weighted by molar-refractivity contribution is 6.76. The van der Waals surface area contributed by atoms with Crippen LogP contribution in [0.15, 0.2) is 0 Å². The predicted octanol–water partition coefficient (Wildman–Crippen LogP) is 1.97. The van der Waals surface area contributed by atoms with Gasteiger partial charge >= 0.3 is 0 Å². The Morgan fingerprint density at radius 3 is 1.88 bits per heavy atom. The summed E-state index contributed by atoms with van der Waals surface area (Å²) >= 11 is 0. The SMILES string of the molecule is COCC[Si](C)(C)C. The normalized spacial score (nSPS) is 12.0. The second kappa shape index (κ2) is 3.25. The molecule has 0 aromatic rings. The van der Waals surface area contributed by atoms with E-state index in [9.17, 15) is 0 Å². The van der Waals surface area contributed by atoms with Crippen LogP contribution < -0.4 is 0 Å². The molecular weight excluding hydrogens is 116 g/mol. The molecule has 0 atom stereocenters. The molecule has 0 aromatic heterocycles. The summed E-state index contributed by atoms with van der Waals surface area (Å²) in [5.41, 5.74) is 0. The Morgan fingerprint density at radius 2 is 1.75 bits per heavy atom. The fourth-order valence-electron chi connectivity index (χ4n) is 0.408. The van der Waals surface area contributed by atoms with Gasteiger partial charge in [0.25, 0.3) is 0 Å². The second-order valence-electron chi connectivity index (χ2n) is 3.30. The Labute approximate surface area is 53.1 Å². The van der Waals surface area contributed by atoms with Crippen LogP contribution in [0.25, 0.3) is 0 Å². The van der Waals surface area contributed by atoms with Crippen LogP contribution in [-0.2, 0) is 4.74 Å². The third-order valence-corrected chi connectivity index (χ3v) is 2.76. The number of hydrogen-bond acceptors (Lipinski definition) is 1. The van der Waals surface area contributed by atoms with E-state index in [4.69, 9.17) is 4.74 Å². The summed E-state index contributed by atoms with van der Waals surface area (Å²) in [4.78, 5) is 0. The summed E-state index contributed by atoms with van der Waals surface area (Å²) in [6, 6.07) is 1.28. The van der Waals surface area contributed by atoms with Gasteiger partial charge in [-0.15, -0.1) is 0 Å². The average Bonchev–Trinajstić information content (AvgIpc) is 1.59. The largest absolute Gasteiger partial charge is 0.385 e. The molecule has 0 bridgehead atoms. The van der Waals surface area contributed by atoms with Gasteiger partial charge in [-0.3, -0.25) is 0 Å². The van der Waals surface area contributed by atoms with Gasteiger partial charge in [0.2, 0.25) is 0 Å². The molecule has 0 unspecified atom stereocenters. The fraction of sp³-hybridized carbons (Fsp3) is 1.00. The second-order valence-corrected chi connectivity index (χ2v) is 8.92. The van der Waals surface area contributed by atoms with E-state index in [-0.39, 0.29) is 0 Å². The van der Waals surface area contributed by atoms with E-state index in [0.717, 1.165) is 6.61 Å². The van der Waals surface area contributed by atoms with Crippen molar-refractivity contribution in [2.24, 2.45) is 0 Å². The van der Waals surface area contributed by atoms with E-state index in [1.165, 1.54) is 6.04 Å². The summed E-state index contributed by atoms with van der Waals surface area (Å²) in [5, 5.41) is 0. The minimum Gasteiger partial charge on any atom is -0.385 e. The van der Waals surface area contributed by atoms with Crippen LogP contribution in [0, 0.1) is 0 Å². The van der Waals surface area contributed by atoms with E-state index in [2.05, 4.69) is 19.6 Å². The molecule has 0 aromatic carbocycles. The van der Waals surface area contributed by atoms with Crippen LogP contribution in [-0.4, -0.2) is 21.8 Å². The zero-order valence-electron chi connectivity index (χ0n) is 6.32. The van der Waals surface area contributed by atoms with E-state index in [1.807, 2.05) is 0 Å². The molecule has 0 rings (SSSR count). The van der Waals surface area contributed by atoms with Gasteiger partial charge in [0, 0.05) is 21.8 Å². The van der Waals surface area contributed by atoms with Crippen molar-refractivity contribution in [3.8, 4) is 0 Å². The number of methoxy groups -OCH3 is 1. The Kier molecular flexibility index (Phi) is 3.32. The van der Waals surface area contributed by atoms with Gasteiger partial charge in [-0.2, -0.15) is 0 Å². The molecule has 0 saturated carbocycles. The summed E-state index contributed by atoms with van der Waals surface area (Å²) in [5.74, 6) is 0. The Morgan fingerprint density at radius 1 is 1.25 bits per heavy atom. The smallest absolute Gasteiger partial charge is 0.0466 e. The lowest BCUT2D eigenvalue weighted by Crippen LogP contribution is -2.21. The zero-order chi connectivity index (χ0) is 6.62. The van der Waals surface area contributed by atoms with Crippen molar-refractivity contribution in [1.82, 2.24) is 0 Å². The lowest BCUT2D eigenvalue weighted by molar-refractivity contribution is 0.214. The Bertz CT molecular complexity index is 56.0. The van der Waals surface area contributed by atoms with Gasteiger partial charge in [-0.1, -0.05) is 19.6 Å². The van der Waals surface area contributed by atoms with Gasteiger partial charge < -0.3 is 4.74 Å². The molecule has 0 N–H and O–H groups in total. The summed E-state index contributed by atoms with van der Waals surface area (Å²) in [6.45, 7) is 8.00. The van der Waals surface area contributed by atoms with Crippen molar-refractivity contribution in [1.29, 1.82) is 0 Å². The predicted molar refractivity (Wildman–Crippen MR) is 40.0 cm³/mol. The maximum atomic E-state index is 4.95. The maximum absolute atomic E-state index is 4.95. The van der Waals surface area contributed by atoms with Gasteiger partial charge in [-0.05, 0) is 6.04 Å². The van der Waals surface area contributed by atoms with E-state index >= 15 is 0 Å². The topological polar surface area (TPSA) is 9.23 Å².